The molecule has 0 heteroatoms. The van der Waals surface area contributed by atoms with Crippen LogP contribution in [0.2, 0.25) is 0 Å². The SMILES string of the molecule is Cc1ccc(Cc2c(C)c(C)cc(Cc3cc(C(C)C)cc(Cc4cc(C)c(C)c(Cc5ccc(C)cc5)c4C)c3C)c2C)cc1. The highest BCUT2D eigenvalue weighted by Gasteiger charge is 2.18. The van der Waals surface area contributed by atoms with Crippen molar-refractivity contribution in [3.63, 3.8) is 0 Å². The van der Waals surface area contributed by atoms with Crippen molar-refractivity contribution in [2.45, 2.75) is 108 Å². The van der Waals surface area contributed by atoms with Crippen LogP contribution in [-0.2, 0) is 25.7 Å². The summed E-state index contributed by atoms with van der Waals surface area (Å²) in [6.45, 7) is 25.2. The summed E-state index contributed by atoms with van der Waals surface area (Å²) in [6.07, 6.45) is 3.91. The molecule has 5 aromatic rings. The lowest BCUT2D eigenvalue weighted by Crippen LogP contribution is -2.08. The topological polar surface area (TPSA) is 0 Å². The molecule has 0 spiro atoms. The quantitative estimate of drug-likeness (QED) is 0.157. The van der Waals surface area contributed by atoms with E-state index >= 15 is 0 Å². The normalized spacial score (nSPS) is 11.5. The van der Waals surface area contributed by atoms with Crippen LogP contribution in [0.1, 0.15) is 120 Å². The Labute approximate surface area is 279 Å². The van der Waals surface area contributed by atoms with E-state index in [0.717, 1.165) is 25.7 Å². The van der Waals surface area contributed by atoms with Crippen molar-refractivity contribution in [1.29, 1.82) is 0 Å². The van der Waals surface area contributed by atoms with Gasteiger partial charge in [0.05, 0.1) is 0 Å². The van der Waals surface area contributed by atoms with Crippen molar-refractivity contribution < 1.29 is 0 Å². The summed E-state index contributed by atoms with van der Waals surface area (Å²) < 4.78 is 0. The standard InChI is InChI=1S/C46H54/c1-28(2)40-24-43(26-41-20-31(5)33(7)45(36(41)10)22-38-16-12-29(3)13-17-38)35(9)44(25-40)27-42-21-32(6)34(8)46(37(42)11)23-39-18-14-30(4)15-19-39/h12-21,24-25,28H,22-23,26-27H2,1-11H3. The Hall–Kier alpha value is -3.90. The van der Waals surface area contributed by atoms with E-state index in [9.17, 15) is 0 Å². The molecule has 0 nitrogen and oxygen atoms in total. The molecule has 0 radical (unpaired) electrons. The molecule has 0 N–H and O–H groups in total. The average molecular weight is 607 g/mol. The van der Waals surface area contributed by atoms with E-state index in [1.807, 2.05) is 0 Å². The Morgan fingerprint density at radius 3 is 1.09 bits per heavy atom. The Balaban J connectivity index is 1.53. The third-order valence-electron chi connectivity index (χ3n) is 10.8. The van der Waals surface area contributed by atoms with E-state index in [0.29, 0.717) is 5.92 Å². The molecule has 0 unspecified atom stereocenters. The summed E-state index contributed by atoms with van der Waals surface area (Å²) in [5.41, 5.74) is 25.7. The molecule has 0 bridgehead atoms. The molecule has 0 atom stereocenters. The van der Waals surface area contributed by atoms with Gasteiger partial charge in [-0.25, -0.2) is 0 Å². The molecule has 0 aliphatic heterocycles. The molecule has 0 fully saturated rings. The minimum absolute atomic E-state index is 0.481. The first kappa shape index (κ1) is 33.5. The molecule has 0 saturated carbocycles. The Morgan fingerprint density at radius 1 is 0.391 bits per heavy atom. The molecular formula is C46H54. The summed E-state index contributed by atoms with van der Waals surface area (Å²) in [6, 6.07) is 28.0. The van der Waals surface area contributed by atoms with Crippen LogP contribution in [0.5, 0.6) is 0 Å². The monoisotopic (exact) mass is 606 g/mol. The largest absolute Gasteiger partial charge is 0.0590 e. The van der Waals surface area contributed by atoms with E-state index in [1.54, 1.807) is 0 Å². The van der Waals surface area contributed by atoms with Gasteiger partial charge in [0.2, 0.25) is 0 Å². The number of hydrogen-bond donors (Lipinski definition) is 0. The number of rotatable bonds is 9. The molecule has 0 amide bonds. The first-order valence-electron chi connectivity index (χ1n) is 17.2. The highest BCUT2D eigenvalue weighted by molar-refractivity contribution is 5.53. The Kier molecular flexibility index (Phi) is 10.1. The first-order valence-corrected chi connectivity index (χ1v) is 17.2. The highest BCUT2D eigenvalue weighted by Crippen LogP contribution is 2.32. The lowest BCUT2D eigenvalue weighted by molar-refractivity contribution is 0.856. The zero-order valence-electron chi connectivity index (χ0n) is 30.3. The molecule has 46 heavy (non-hydrogen) atoms. The van der Waals surface area contributed by atoms with Gasteiger partial charge in [-0.2, -0.15) is 0 Å². The van der Waals surface area contributed by atoms with Crippen molar-refractivity contribution in [2.75, 3.05) is 0 Å². The van der Waals surface area contributed by atoms with Gasteiger partial charge in [-0.1, -0.05) is 97.8 Å². The van der Waals surface area contributed by atoms with E-state index < -0.39 is 0 Å². The van der Waals surface area contributed by atoms with Gasteiger partial charge >= 0.3 is 0 Å². The van der Waals surface area contributed by atoms with Crippen LogP contribution in [0, 0.1) is 62.3 Å². The maximum absolute atomic E-state index is 2.49. The molecule has 0 heterocycles. The molecule has 0 saturated heterocycles. The van der Waals surface area contributed by atoms with Gasteiger partial charge in [0, 0.05) is 0 Å². The molecular weight excluding hydrogens is 553 g/mol. The predicted molar refractivity (Wildman–Crippen MR) is 200 cm³/mol. The van der Waals surface area contributed by atoms with Crippen molar-refractivity contribution >= 4 is 0 Å². The van der Waals surface area contributed by atoms with Gasteiger partial charge in [0.15, 0.2) is 0 Å². The number of hydrogen-bond acceptors (Lipinski definition) is 0. The van der Waals surface area contributed by atoms with Crippen LogP contribution >= 0.6 is 0 Å². The van der Waals surface area contributed by atoms with Crippen LogP contribution in [0.25, 0.3) is 0 Å². The zero-order valence-corrected chi connectivity index (χ0v) is 30.3. The lowest BCUT2D eigenvalue weighted by Gasteiger charge is -2.22. The third kappa shape index (κ3) is 7.23. The van der Waals surface area contributed by atoms with Gasteiger partial charge in [0.25, 0.3) is 0 Å². The van der Waals surface area contributed by atoms with Crippen LogP contribution in [-0.4, -0.2) is 0 Å². The average Bonchev–Trinajstić information content (AvgIpc) is 3.02. The molecule has 238 valence electrons. The second-order valence-corrected chi connectivity index (χ2v) is 14.5. The molecule has 0 aliphatic carbocycles. The number of benzene rings is 5. The van der Waals surface area contributed by atoms with Gasteiger partial charge in [-0.05, 0) is 183 Å². The maximum Gasteiger partial charge on any atom is -0.00201 e. The van der Waals surface area contributed by atoms with Crippen molar-refractivity contribution in [3.05, 3.63) is 173 Å². The van der Waals surface area contributed by atoms with Gasteiger partial charge in [0.1, 0.15) is 0 Å². The molecule has 5 rings (SSSR count). The van der Waals surface area contributed by atoms with Crippen LogP contribution in [0.15, 0.2) is 72.8 Å². The van der Waals surface area contributed by atoms with Crippen LogP contribution < -0.4 is 0 Å². The fourth-order valence-electron chi connectivity index (χ4n) is 7.08. The highest BCUT2D eigenvalue weighted by atomic mass is 14.2. The maximum atomic E-state index is 2.49. The Morgan fingerprint density at radius 2 is 0.739 bits per heavy atom. The minimum Gasteiger partial charge on any atom is -0.0590 e. The van der Waals surface area contributed by atoms with Gasteiger partial charge in [-0.15, -0.1) is 0 Å². The second-order valence-electron chi connectivity index (χ2n) is 14.5. The van der Waals surface area contributed by atoms with Crippen LogP contribution in [0.4, 0.5) is 0 Å². The fraction of sp³-hybridized carbons (Fsp3) is 0.348. The number of aryl methyl sites for hydroxylation is 4. The summed E-state index contributed by atoms with van der Waals surface area (Å²) in [5, 5.41) is 0. The minimum atomic E-state index is 0.481. The Bertz CT molecular complexity index is 1730. The van der Waals surface area contributed by atoms with Crippen molar-refractivity contribution in [3.8, 4) is 0 Å². The fourth-order valence-corrected chi connectivity index (χ4v) is 7.08. The van der Waals surface area contributed by atoms with Crippen molar-refractivity contribution in [2.24, 2.45) is 0 Å². The first-order chi connectivity index (χ1) is 21.8. The molecule has 5 aromatic carbocycles. The third-order valence-corrected chi connectivity index (χ3v) is 10.8. The zero-order chi connectivity index (χ0) is 33.3. The van der Waals surface area contributed by atoms with E-state index in [-0.39, 0.29) is 0 Å². The lowest BCUT2D eigenvalue weighted by atomic mass is 9.83. The molecule has 0 aromatic heterocycles. The smallest absolute Gasteiger partial charge is 0.00201 e. The van der Waals surface area contributed by atoms with E-state index in [1.165, 1.54) is 100 Å². The summed E-state index contributed by atoms with van der Waals surface area (Å²) >= 11 is 0. The second kappa shape index (κ2) is 13.8. The molecule has 0 aliphatic rings. The van der Waals surface area contributed by atoms with E-state index in [4.69, 9.17) is 0 Å². The summed E-state index contributed by atoms with van der Waals surface area (Å²) in [4.78, 5) is 0. The van der Waals surface area contributed by atoms with Crippen LogP contribution in [0.3, 0.4) is 0 Å². The van der Waals surface area contributed by atoms with E-state index in [2.05, 4.69) is 149 Å². The van der Waals surface area contributed by atoms with Gasteiger partial charge in [-0.3, -0.25) is 0 Å². The summed E-state index contributed by atoms with van der Waals surface area (Å²) in [7, 11) is 0. The predicted octanol–water partition coefficient (Wildman–Crippen LogP) is 11.9. The van der Waals surface area contributed by atoms with Gasteiger partial charge < -0.3 is 0 Å². The summed E-state index contributed by atoms with van der Waals surface area (Å²) in [5.74, 6) is 0.481. The van der Waals surface area contributed by atoms with Crippen molar-refractivity contribution in [1.82, 2.24) is 0 Å².